The van der Waals surface area contributed by atoms with Gasteiger partial charge in [0, 0.05) is 44.1 Å². The highest BCUT2D eigenvalue weighted by molar-refractivity contribution is 5.85. The lowest BCUT2D eigenvalue weighted by atomic mass is 10.2. The highest BCUT2D eigenvalue weighted by Crippen LogP contribution is 2.12. The molecule has 0 aliphatic rings. The van der Waals surface area contributed by atoms with Crippen LogP contribution < -0.4 is 5.32 Å². The van der Waals surface area contributed by atoms with E-state index in [0.717, 1.165) is 25.2 Å². The summed E-state index contributed by atoms with van der Waals surface area (Å²) in [7, 11) is 1.95. The van der Waals surface area contributed by atoms with E-state index in [2.05, 4.69) is 46.3 Å². The minimum Gasteiger partial charge on any atom is -0.307 e. The van der Waals surface area contributed by atoms with Crippen LogP contribution in [0.1, 0.15) is 43.3 Å². The van der Waals surface area contributed by atoms with Crippen molar-refractivity contribution < 1.29 is 0 Å². The lowest BCUT2D eigenvalue weighted by molar-refractivity contribution is 0.451. The smallest absolute Gasteiger partial charge is 0.0638 e. The first-order valence-corrected chi connectivity index (χ1v) is 6.84. The molecule has 2 rings (SSSR count). The number of nitrogens with one attached hydrogen (secondary N) is 1. The fourth-order valence-corrected chi connectivity index (χ4v) is 2.20. The average molecular weight is 298 g/mol. The Labute approximate surface area is 126 Å². The van der Waals surface area contributed by atoms with Gasteiger partial charge in [-0.3, -0.25) is 9.36 Å². The van der Waals surface area contributed by atoms with Crippen LogP contribution in [0.4, 0.5) is 0 Å². The van der Waals surface area contributed by atoms with E-state index in [9.17, 15) is 0 Å². The van der Waals surface area contributed by atoms with E-state index in [-0.39, 0.29) is 12.4 Å². The van der Waals surface area contributed by atoms with Crippen molar-refractivity contribution in [3.05, 3.63) is 35.4 Å². The zero-order valence-electron chi connectivity index (χ0n) is 12.6. The van der Waals surface area contributed by atoms with Gasteiger partial charge in [-0.15, -0.1) is 12.4 Å². The average Bonchev–Trinajstić information content (AvgIpc) is 2.96. The Bertz CT molecular complexity index is 531. The summed E-state index contributed by atoms with van der Waals surface area (Å²) in [4.78, 5) is 0. The summed E-state index contributed by atoms with van der Waals surface area (Å²) in [5.41, 5.74) is 3.57. The third-order valence-electron chi connectivity index (χ3n) is 3.50. The van der Waals surface area contributed by atoms with Crippen LogP contribution >= 0.6 is 12.4 Å². The van der Waals surface area contributed by atoms with Gasteiger partial charge in [0.1, 0.15) is 0 Å². The van der Waals surface area contributed by atoms with E-state index in [4.69, 9.17) is 0 Å². The SMILES string of the molecule is CCC(C)n1nccc1CNCc1cn(C)nc1C.Cl. The Kier molecular flexibility index (Phi) is 6.23. The minimum atomic E-state index is 0. The molecule has 0 saturated heterocycles. The van der Waals surface area contributed by atoms with Crippen molar-refractivity contribution in [2.75, 3.05) is 0 Å². The van der Waals surface area contributed by atoms with Crippen LogP contribution in [0.15, 0.2) is 18.5 Å². The Morgan fingerprint density at radius 3 is 2.70 bits per heavy atom. The lowest BCUT2D eigenvalue weighted by Gasteiger charge is -2.14. The lowest BCUT2D eigenvalue weighted by Crippen LogP contribution is -2.18. The highest BCUT2D eigenvalue weighted by Gasteiger charge is 2.08. The molecule has 0 radical (unpaired) electrons. The van der Waals surface area contributed by atoms with Crippen molar-refractivity contribution >= 4 is 12.4 Å². The maximum Gasteiger partial charge on any atom is 0.0638 e. The van der Waals surface area contributed by atoms with Crippen LogP contribution in [0.5, 0.6) is 0 Å². The topological polar surface area (TPSA) is 47.7 Å². The third-order valence-corrected chi connectivity index (χ3v) is 3.50. The first kappa shape index (κ1) is 16.7. The standard InChI is InChI=1S/C14H23N5.ClH/c1-5-11(2)19-14(6-7-16-19)9-15-8-13-10-18(4)17-12(13)3;/h6-7,10-11,15H,5,8-9H2,1-4H3;1H. The molecule has 1 N–H and O–H groups in total. The van der Waals surface area contributed by atoms with Crippen molar-refractivity contribution in [1.29, 1.82) is 0 Å². The largest absolute Gasteiger partial charge is 0.307 e. The highest BCUT2D eigenvalue weighted by atomic mass is 35.5. The summed E-state index contributed by atoms with van der Waals surface area (Å²) in [6.45, 7) is 8.09. The van der Waals surface area contributed by atoms with Gasteiger partial charge in [0.2, 0.25) is 0 Å². The first-order chi connectivity index (χ1) is 9.11. The molecule has 6 heteroatoms. The van der Waals surface area contributed by atoms with E-state index in [1.165, 1.54) is 11.3 Å². The van der Waals surface area contributed by atoms with Crippen molar-refractivity contribution in [3.8, 4) is 0 Å². The molecule has 0 spiro atoms. The minimum absolute atomic E-state index is 0. The summed E-state index contributed by atoms with van der Waals surface area (Å²) in [5.74, 6) is 0. The maximum atomic E-state index is 4.39. The summed E-state index contributed by atoms with van der Waals surface area (Å²) >= 11 is 0. The second-order valence-corrected chi connectivity index (χ2v) is 5.04. The van der Waals surface area contributed by atoms with Gasteiger partial charge in [-0.05, 0) is 26.3 Å². The molecule has 0 fully saturated rings. The van der Waals surface area contributed by atoms with E-state index >= 15 is 0 Å². The van der Waals surface area contributed by atoms with Crippen LogP contribution in [-0.2, 0) is 20.1 Å². The van der Waals surface area contributed by atoms with Crippen LogP contribution in [0.2, 0.25) is 0 Å². The van der Waals surface area contributed by atoms with Gasteiger partial charge >= 0.3 is 0 Å². The zero-order valence-corrected chi connectivity index (χ0v) is 13.4. The molecule has 112 valence electrons. The summed E-state index contributed by atoms with van der Waals surface area (Å²) in [6.07, 6.45) is 5.03. The van der Waals surface area contributed by atoms with Crippen molar-refractivity contribution in [3.63, 3.8) is 0 Å². The van der Waals surface area contributed by atoms with Gasteiger partial charge in [0.25, 0.3) is 0 Å². The Balaban J connectivity index is 0.00000200. The fraction of sp³-hybridized carbons (Fsp3) is 0.571. The summed E-state index contributed by atoms with van der Waals surface area (Å²) in [5, 5.41) is 12.2. The van der Waals surface area contributed by atoms with Gasteiger partial charge in [-0.25, -0.2) is 0 Å². The monoisotopic (exact) mass is 297 g/mol. The molecule has 20 heavy (non-hydrogen) atoms. The van der Waals surface area contributed by atoms with Crippen molar-refractivity contribution in [2.24, 2.45) is 7.05 Å². The molecule has 1 atom stereocenters. The number of nitrogens with zero attached hydrogens (tertiary/aromatic N) is 4. The van der Waals surface area contributed by atoms with Gasteiger partial charge in [0.05, 0.1) is 11.4 Å². The van der Waals surface area contributed by atoms with Gasteiger partial charge < -0.3 is 5.32 Å². The molecule has 0 saturated carbocycles. The van der Waals surface area contributed by atoms with Gasteiger partial charge in [-0.2, -0.15) is 10.2 Å². The Morgan fingerprint density at radius 1 is 1.35 bits per heavy atom. The van der Waals surface area contributed by atoms with Crippen LogP contribution in [0.25, 0.3) is 0 Å². The predicted octanol–water partition coefficient (Wildman–Crippen LogP) is 2.61. The van der Waals surface area contributed by atoms with Crippen molar-refractivity contribution in [2.45, 2.75) is 46.3 Å². The van der Waals surface area contributed by atoms with E-state index in [1.54, 1.807) is 0 Å². The third kappa shape index (κ3) is 3.84. The number of aryl methyl sites for hydroxylation is 2. The molecular formula is C14H24ClN5. The Morgan fingerprint density at radius 2 is 2.10 bits per heavy atom. The first-order valence-electron chi connectivity index (χ1n) is 6.84. The van der Waals surface area contributed by atoms with Crippen LogP contribution in [-0.4, -0.2) is 19.6 Å². The number of hydrogen-bond donors (Lipinski definition) is 1. The number of halogens is 1. The molecule has 0 aromatic carbocycles. The quantitative estimate of drug-likeness (QED) is 0.891. The molecule has 2 heterocycles. The molecule has 0 bridgehead atoms. The van der Waals surface area contributed by atoms with Crippen LogP contribution in [0.3, 0.4) is 0 Å². The molecule has 0 aliphatic carbocycles. The zero-order chi connectivity index (χ0) is 13.8. The Hall–Kier alpha value is -1.33. The normalized spacial score (nSPS) is 12.2. The molecule has 2 aromatic heterocycles. The molecule has 0 amide bonds. The van der Waals surface area contributed by atoms with E-state index < -0.39 is 0 Å². The molecule has 2 aromatic rings. The number of aromatic nitrogens is 4. The van der Waals surface area contributed by atoms with E-state index in [0.29, 0.717) is 6.04 Å². The summed E-state index contributed by atoms with van der Waals surface area (Å²) in [6, 6.07) is 2.53. The number of hydrogen-bond acceptors (Lipinski definition) is 3. The number of rotatable bonds is 6. The van der Waals surface area contributed by atoms with Crippen molar-refractivity contribution in [1.82, 2.24) is 24.9 Å². The second-order valence-electron chi connectivity index (χ2n) is 5.04. The maximum absolute atomic E-state index is 4.39. The fourth-order valence-electron chi connectivity index (χ4n) is 2.20. The summed E-state index contributed by atoms with van der Waals surface area (Å²) < 4.78 is 3.96. The van der Waals surface area contributed by atoms with Crippen LogP contribution in [0, 0.1) is 6.92 Å². The van der Waals surface area contributed by atoms with Gasteiger partial charge in [-0.1, -0.05) is 6.92 Å². The van der Waals surface area contributed by atoms with Gasteiger partial charge in [0.15, 0.2) is 0 Å². The predicted molar refractivity (Wildman–Crippen MR) is 83.0 cm³/mol. The molecule has 5 nitrogen and oxygen atoms in total. The molecule has 1 unspecified atom stereocenters. The van der Waals surface area contributed by atoms with E-state index in [1.807, 2.05) is 24.9 Å². The molecule has 0 aliphatic heterocycles. The molecular weight excluding hydrogens is 274 g/mol. The second kappa shape index (κ2) is 7.45.